The Morgan fingerprint density at radius 2 is 1.68 bits per heavy atom. The highest BCUT2D eigenvalue weighted by atomic mass is 32.2. The predicted octanol–water partition coefficient (Wildman–Crippen LogP) is 4.48. The summed E-state index contributed by atoms with van der Waals surface area (Å²) in [6.45, 7) is 4.54. The van der Waals surface area contributed by atoms with Crippen LogP contribution in [0.1, 0.15) is 85.2 Å². The number of fused-ring (bicyclic) bond motifs is 1. The van der Waals surface area contributed by atoms with Crippen molar-refractivity contribution in [2.24, 2.45) is 11.8 Å². The third-order valence-electron chi connectivity index (χ3n) is 8.09. The van der Waals surface area contributed by atoms with Crippen molar-refractivity contribution in [3.63, 3.8) is 0 Å². The average Bonchev–Trinajstić information content (AvgIpc) is 3.30. The van der Waals surface area contributed by atoms with Gasteiger partial charge in [-0.2, -0.15) is 21.6 Å². The Balaban J connectivity index is 0.000000978. The smallest absolute Gasteiger partial charge is 0.391 e. The second-order valence-electron chi connectivity index (χ2n) is 11.3. The number of aromatic nitrogens is 1. The second-order valence-corrected chi connectivity index (χ2v) is 15.0. The number of sulfone groups is 1. The summed E-state index contributed by atoms with van der Waals surface area (Å²) in [6.07, 6.45) is 0.392. The molecule has 0 saturated heterocycles. The van der Waals surface area contributed by atoms with Crippen LogP contribution in [0.25, 0.3) is 0 Å². The quantitative estimate of drug-likeness (QED) is 0.330. The fraction of sp³-hybridized carbons (Fsp3) is 0.586. The second kappa shape index (κ2) is 14.7. The summed E-state index contributed by atoms with van der Waals surface area (Å²) in [6, 6.07) is 7.22. The first-order chi connectivity index (χ1) is 20.5. The summed E-state index contributed by atoms with van der Waals surface area (Å²) in [5, 5.41) is 12.7. The van der Waals surface area contributed by atoms with E-state index in [9.17, 15) is 39.9 Å². The molecule has 44 heavy (non-hydrogen) atoms. The number of carbonyl (C=O) groups is 1. The van der Waals surface area contributed by atoms with Gasteiger partial charge < -0.3 is 10.4 Å². The number of aliphatic hydroxyl groups is 1. The molecule has 2 aliphatic rings. The van der Waals surface area contributed by atoms with Gasteiger partial charge in [0, 0.05) is 19.3 Å². The van der Waals surface area contributed by atoms with Gasteiger partial charge in [-0.15, -0.1) is 0 Å². The summed E-state index contributed by atoms with van der Waals surface area (Å²) >= 11 is 0. The van der Waals surface area contributed by atoms with Crippen molar-refractivity contribution in [3.8, 4) is 0 Å². The zero-order valence-corrected chi connectivity index (χ0v) is 26.6. The normalized spacial score (nSPS) is 21.6. The first kappa shape index (κ1) is 35.9. The van der Waals surface area contributed by atoms with Crippen LogP contribution >= 0.6 is 0 Å². The van der Waals surface area contributed by atoms with E-state index in [0.29, 0.717) is 43.3 Å². The number of aliphatic hydroxyl groups excluding tert-OH is 1. The molecule has 4 rings (SSSR count). The Morgan fingerprint density at radius 3 is 2.18 bits per heavy atom. The molecule has 1 aromatic heterocycles. The molecule has 1 aliphatic heterocycles. The van der Waals surface area contributed by atoms with E-state index in [1.165, 1.54) is 18.3 Å². The lowest BCUT2D eigenvalue weighted by Crippen LogP contribution is -2.33. The highest BCUT2D eigenvalue weighted by Gasteiger charge is 2.42. The lowest BCUT2D eigenvalue weighted by Gasteiger charge is -2.33. The maximum Gasteiger partial charge on any atom is 0.391 e. The average molecular weight is 664 g/mol. The molecule has 2 aromatic rings. The predicted molar refractivity (Wildman–Crippen MR) is 158 cm³/mol. The van der Waals surface area contributed by atoms with E-state index in [0.717, 1.165) is 17.7 Å². The standard InChI is InChI=1S/C28H36F3N3O4S.CH4O3S/c1-3-25-26-21(16-34(25)15-18-5-9-22(10-6-18)28(29,30)31)13-20(14-32-26)27(36)33-24(17-35)19-7-11-23(12-8-19)39(37,38)4-2;1-5(2,3)4/h7-8,11-14,18,22,24-25,35H,3-6,9-10,15-17H2,1-2H3,(H,33,36);1H3,(H,2,3,4)/t18-,22-,24-,25-;/m0./s1. The first-order valence-corrected chi connectivity index (χ1v) is 17.9. The molecule has 1 saturated carbocycles. The van der Waals surface area contributed by atoms with Crippen LogP contribution in [0.3, 0.4) is 0 Å². The Morgan fingerprint density at radius 1 is 1.09 bits per heavy atom. The van der Waals surface area contributed by atoms with Crippen LogP contribution < -0.4 is 5.32 Å². The number of amides is 1. The zero-order chi connectivity index (χ0) is 32.9. The van der Waals surface area contributed by atoms with E-state index in [4.69, 9.17) is 4.55 Å². The summed E-state index contributed by atoms with van der Waals surface area (Å²) in [5.41, 5.74) is 2.74. The molecule has 2 atom stereocenters. The van der Waals surface area contributed by atoms with Gasteiger partial charge in [-0.3, -0.25) is 19.2 Å². The number of nitrogens with zero attached hydrogens (tertiary/aromatic N) is 2. The number of hydrogen-bond acceptors (Lipinski definition) is 8. The number of pyridine rings is 1. The highest BCUT2D eigenvalue weighted by molar-refractivity contribution is 7.91. The molecule has 0 radical (unpaired) electrons. The van der Waals surface area contributed by atoms with Crippen molar-refractivity contribution in [1.29, 1.82) is 0 Å². The molecule has 15 heteroatoms. The summed E-state index contributed by atoms with van der Waals surface area (Å²) in [7, 11) is -7.02. The number of nitrogens with one attached hydrogen (secondary N) is 1. The van der Waals surface area contributed by atoms with Crippen LogP contribution in [-0.2, 0) is 26.5 Å². The van der Waals surface area contributed by atoms with Gasteiger partial charge in [0.05, 0.1) is 52.8 Å². The van der Waals surface area contributed by atoms with Gasteiger partial charge in [-0.25, -0.2) is 8.42 Å². The van der Waals surface area contributed by atoms with Crippen LogP contribution in [0.2, 0.25) is 0 Å². The third-order valence-corrected chi connectivity index (χ3v) is 9.84. The molecule has 246 valence electrons. The molecule has 10 nitrogen and oxygen atoms in total. The van der Waals surface area contributed by atoms with Crippen LogP contribution in [0.15, 0.2) is 41.4 Å². The van der Waals surface area contributed by atoms with Crippen LogP contribution in [0, 0.1) is 11.8 Å². The lowest BCUT2D eigenvalue weighted by atomic mass is 9.81. The van der Waals surface area contributed by atoms with Gasteiger partial charge >= 0.3 is 6.18 Å². The minimum Gasteiger partial charge on any atom is -0.394 e. The molecule has 1 fully saturated rings. The van der Waals surface area contributed by atoms with E-state index in [1.54, 1.807) is 25.1 Å². The molecule has 1 amide bonds. The molecule has 3 N–H and O–H groups in total. The van der Waals surface area contributed by atoms with Crippen molar-refractivity contribution >= 4 is 25.9 Å². The van der Waals surface area contributed by atoms with Crippen molar-refractivity contribution < 1.29 is 44.5 Å². The van der Waals surface area contributed by atoms with E-state index >= 15 is 0 Å². The van der Waals surface area contributed by atoms with Crippen molar-refractivity contribution in [3.05, 3.63) is 58.9 Å². The molecular formula is C29H40F3N3O7S2. The number of halogens is 3. The summed E-state index contributed by atoms with van der Waals surface area (Å²) in [4.78, 5) is 20.1. The van der Waals surface area contributed by atoms with Gasteiger partial charge in [0.15, 0.2) is 9.84 Å². The minimum atomic E-state index is -4.12. The molecule has 0 unspecified atom stereocenters. The fourth-order valence-electron chi connectivity index (χ4n) is 5.77. The molecule has 1 aliphatic carbocycles. The highest BCUT2D eigenvalue weighted by Crippen LogP contribution is 2.42. The number of alkyl halides is 3. The lowest BCUT2D eigenvalue weighted by molar-refractivity contribution is -0.184. The van der Waals surface area contributed by atoms with E-state index in [2.05, 4.69) is 22.1 Å². The van der Waals surface area contributed by atoms with E-state index in [-0.39, 0.29) is 42.1 Å². The molecule has 1 aromatic carbocycles. The number of benzene rings is 1. The van der Waals surface area contributed by atoms with Crippen LogP contribution in [0.4, 0.5) is 13.2 Å². The summed E-state index contributed by atoms with van der Waals surface area (Å²) < 4.78 is 89.2. The largest absolute Gasteiger partial charge is 0.394 e. The zero-order valence-electron chi connectivity index (χ0n) is 24.9. The number of carbonyl (C=O) groups excluding carboxylic acids is 1. The molecular weight excluding hydrogens is 623 g/mol. The van der Waals surface area contributed by atoms with Gasteiger partial charge in [0.1, 0.15) is 0 Å². The van der Waals surface area contributed by atoms with Crippen molar-refractivity contribution in [1.82, 2.24) is 15.2 Å². The first-order valence-electron chi connectivity index (χ1n) is 14.4. The Labute approximate surface area is 256 Å². The van der Waals surface area contributed by atoms with Crippen LogP contribution in [-0.4, -0.2) is 73.6 Å². The Bertz CT molecular complexity index is 1490. The third kappa shape index (κ3) is 9.70. The monoisotopic (exact) mass is 663 g/mol. The Hall–Kier alpha value is -2.59. The maximum absolute atomic E-state index is 13.1. The van der Waals surface area contributed by atoms with Crippen molar-refractivity contribution in [2.45, 2.75) is 75.7 Å². The fourth-order valence-corrected chi connectivity index (χ4v) is 6.66. The van der Waals surface area contributed by atoms with Gasteiger partial charge in [0.25, 0.3) is 16.0 Å². The van der Waals surface area contributed by atoms with Crippen molar-refractivity contribution in [2.75, 3.05) is 25.2 Å². The van der Waals surface area contributed by atoms with Crippen LogP contribution in [0.5, 0.6) is 0 Å². The topological polar surface area (TPSA) is 154 Å². The summed E-state index contributed by atoms with van der Waals surface area (Å²) in [5.74, 6) is -1.42. The van der Waals surface area contributed by atoms with E-state index < -0.39 is 44.0 Å². The van der Waals surface area contributed by atoms with E-state index in [1.807, 2.05) is 0 Å². The molecule has 0 bridgehead atoms. The molecule has 2 heterocycles. The van der Waals surface area contributed by atoms with Gasteiger partial charge in [-0.05, 0) is 67.3 Å². The maximum atomic E-state index is 13.1. The van der Waals surface area contributed by atoms with Gasteiger partial charge in [0.2, 0.25) is 0 Å². The Kier molecular flexibility index (Phi) is 12.0. The minimum absolute atomic E-state index is 0.0205. The number of rotatable bonds is 9. The SMILES string of the molecule is CC[C@H]1c2ncc(C(=O)N[C@@H](CO)c3ccc(S(=O)(=O)CC)cc3)cc2CN1C[C@H]1CC[C@H](C(F)(F)F)CC1.CS(=O)(=O)O. The number of hydrogen-bond donors (Lipinski definition) is 3. The van der Waals surface area contributed by atoms with Gasteiger partial charge in [-0.1, -0.05) is 26.0 Å². The molecule has 0 spiro atoms.